The van der Waals surface area contributed by atoms with Gasteiger partial charge in [0.2, 0.25) is 5.91 Å². The number of fused-ring (bicyclic) bond motifs is 1. The number of rotatable bonds is 3. The maximum Gasteiger partial charge on any atom is 0.321 e. The zero-order valence-corrected chi connectivity index (χ0v) is 14.6. The minimum atomic E-state index is -0.487. The van der Waals surface area contributed by atoms with Crippen molar-refractivity contribution in [3.8, 4) is 5.69 Å². The molecule has 0 spiro atoms. The molecule has 1 aromatic carbocycles. The molecule has 2 aliphatic rings. The molecule has 1 fully saturated rings. The highest BCUT2D eigenvalue weighted by Crippen LogP contribution is 2.30. The van der Waals surface area contributed by atoms with Crippen molar-refractivity contribution < 1.29 is 9.59 Å². The third-order valence-corrected chi connectivity index (χ3v) is 4.98. The van der Waals surface area contributed by atoms with E-state index in [1.54, 1.807) is 4.68 Å². The molecule has 0 bridgehead atoms. The summed E-state index contributed by atoms with van der Waals surface area (Å²) in [5.41, 5.74) is 3.04. The average Bonchev–Trinajstić information content (AvgIpc) is 3.17. The van der Waals surface area contributed by atoms with Crippen molar-refractivity contribution in [3.05, 3.63) is 41.6 Å². The van der Waals surface area contributed by atoms with Crippen LogP contribution in [0.3, 0.4) is 0 Å². The molecule has 136 valence electrons. The van der Waals surface area contributed by atoms with Gasteiger partial charge in [-0.25, -0.2) is 9.48 Å². The molecule has 2 aromatic rings. The quantitative estimate of drug-likeness (QED) is 0.790. The molecule has 7 heteroatoms. The smallest absolute Gasteiger partial charge is 0.321 e. The van der Waals surface area contributed by atoms with Gasteiger partial charge in [0.1, 0.15) is 11.9 Å². The molecule has 26 heavy (non-hydrogen) atoms. The fraction of sp³-hybridized carbons (Fsp3) is 0.421. The van der Waals surface area contributed by atoms with Crippen LogP contribution < -0.4 is 16.0 Å². The fourth-order valence-corrected chi connectivity index (χ4v) is 3.66. The van der Waals surface area contributed by atoms with Gasteiger partial charge in [-0.1, -0.05) is 18.2 Å². The topological polar surface area (TPSA) is 88.1 Å². The molecule has 0 radical (unpaired) electrons. The predicted octanol–water partition coefficient (Wildman–Crippen LogP) is 2.15. The molecule has 1 aromatic heterocycles. The summed E-state index contributed by atoms with van der Waals surface area (Å²) < 4.78 is 1.79. The van der Waals surface area contributed by atoms with Crippen LogP contribution in [0.2, 0.25) is 0 Å². The van der Waals surface area contributed by atoms with Gasteiger partial charge in [0, 0.05) is 12.1 Å². The lowest BCUT2D eigenvalue weighted by Crippen LogP contribution is -2.47. The average molecular weight is 353 g/mol. The van der Waals surface area contributed by atoms with Crippen molar-refractivity contribution in [2.75, 3.05) is 11.9 Å². The Kier molecular flexibility index (Phi) is 4.60. The van der Waals surface area contributed by atoms with Gasteiger partial charge in [-0.3, -0.25) is 10.1 Å². The van der Waals surface area contributed by atoms with Gasteiger partial charge in [0.05, 0.1) is 11.4 Å². The number of amides is 3. The highest BCUT2D eigenvalue weighted by atomic mass is 16.2. The van der Waals surface area contributed by atoms with Crippen LogP contribution >= 0.6 is 0 Å². The van der Waals surface area contributed by atoms with Crippen LogP contribution in [-0.4, -0.2) is 34.3 Å². The monoisotopic (exact) mass is 353 g/mol. The normalized spacial score (nSPS) is 19.4. The summed E-state index contributed by atoms with van der Waals surface area (Å²) in [7, 11) is 0. The first-order chi connectivity index (χ1) is 12.7. The number of aryl methyl sites for hydroxylation is 1. The van der Waals surface area contributed by atoms with E-state index in [9.17, 15) is 9.59 Å². The molecule has 1 aliphatic heterocycles. The van der Waals surface area contributed by atoms with Crippen molar-refractivity contribution >= 4 is 17.8 Å². The summed E-state index contributed by atoms with van der Waals surface area (Å²) in [5.74, 6) is 0.592. The number of anilines is 1. The number of aromatic nitrogens is 2. The predicted molar refractivity (Wildman–Crippen MR) is 98.4 cm³/mol. The highest BCUT2D eigenvalue weighted by Gasteiger charge is 2.26. The van der Waals surface area contributed by atoms with Crippen molar-refractivity contribution in [3.63, 3.8) is 0 Å². The van der Waals surface area contributed by atoms with Crippen LogP contribution in [0.4, 0.5) is 10.6 Å². The Morgan fingerprint density at radius 2 is 2.00 bits per heavy atom. The van der Waals surface area contributed by atoms with E-state index in [4.69, 9.17) is 0 Å². The van der Waals surface area contributed by atoms with E-state index in [1.165, 1.54) is 0 Å². The summed E-state index contributed by atoms with van der Waals surface area (Å²) in [6.07, 6.45) is 5.41. The number of nitrogens with one attached hydrogen (secondary N) is 3. The number of nitrogens with zero attached hydrogens (tertiary/aromatic N) is 2. The molecule has 7 nitrogen and oxygen atoms in total. The van der Waals surface area contributed by atoms with E-state index in [1.807, 2.05) is 30.3 Å². The molecule has 4 rings (SSSR count). The summed E-state index contributed by atoms with van der Waals surface area (Å²) in [4.78, 5) is 24.6. The van der Waals surface area contributed by atoms with E-state index < -0.39 is 6.04 Å². The second kappa shape index (κ2) is 7.19. The van der Waals surface area contributed by atoms with Crippen LogP contribution in [-0.2, 0) is 17.6 Å². The molecule has 1 unspecified atom stereocenters. The van der Waals surface area contributed by atoms with E-state index in [-0.39, 0.29) is 11.9 Å². The molecular weight excluding hydrogens is 330 g/mol. The molecule has 3 amide bonds. The molecule has 1 atom stereocenters. The lowest BCUT2D eigenvalue weighted by atomic mass is 10.1. The number of hydrogen-bond donors (Lipinski definition) is 3. The maximum absolute atomic E-state index is 12.6. The fourth-order valence-electron chi connectivity index (χ4n) is 3.66. The maximum atomic E-state index is 12.6. The molecule has 0 saturated carbocycles. The number of benzene rings is 1. The first-order valence-electron chi connectivity index (χ1n) is 9.24. The third-order valence-electron chi connectivity index (χ3n) is 4.98. The van der Waals surface area contributed by atoms with Crippen LogP contribution in [0.5, 0.6) is 0 Å². The molecule has 3 N–H and O–H groups in total. The standard InChI is InChI=1S/C19H23N5O2/c25-18-16(10-4-5-12-20-18)21-19(26)22-17-14-9-6-11-15(14)23-24(17)13-7-2-1-3-8-13/h1-3,7-8,16H,4-6,9-12H2,(H,20,25)(H2,21,22,26). The number of hydrogen-bond acceptors (Lipinski definition) is 3. The molecular formula is C19H23N5O2. The second-order valence-electron chi connectivity index (χ2n) is 6.81. The Morgan fingerprint density at radius 3 is 2.85 bits per heavy atom. The van der Waals surface area contributed by atoms with Gasteiger partial charge < -0.3 is 10.6 Å². The van der Waals surface area contributed by atoms with Gasteiger partial charge in [0.15, 0.2) is 0 Å². The van der Waals surface area contributed by atoms with Crippen molar-refractivity contribution in [1.82, 2.24) is 20.4 Å². The number of para-hydroxylation sites is 1. The Bertz CT molecular complexity index is 815. The number of carbonyl (C=O) groups is 2. The zero-order chi connectivity index (χ0) is 17.9. The van der Waals surface area contributed by atoms with Crippen LogP contribution in [0.15, 0.2) is 30.3 Å². The third kappa shape index (κ3) is 3.29. The van der Waals surface area contributed by atoms with E-state index >= 15 is 0 Å². The summed E-state index contributed by atoms with van der Waals surface area (Å²) in [6.45, 7) is 0.674. The van der Waals surface area contributed by atoms with Gasteiger partial charge in [0.25, 0.3) is 0 Å². The highest BCUT2D eigenvalue weighted by molar-refractivity contribution is 5.94. The molecule has 1 aliphatic carbocycles. The SMILES string of the molecule is O=C(Nc1c2c(nn1-c1ccccc1)CCC2)NC1CCCCNC1=O. The lowest BCUT2D eigenvalue weighted by molar-refractivity contribution is -0.122. The van der Waals surface area contributed by atoms with E-state index in [0.717, 1.165) is 49.0 Å². The first-order valence-corrected chi connectivity index (χ1v) is 9.24. The summed E-state index contributed by atoms with van der Waals surface area (Å²) in [5, 5.41) is 13.3. The van der Waals surface area contributed by atoms with Gasteiger partial charge in [-0.15, -0.1) is 0 Å². The number of carbonyl (C=O) groups excluding carboxylic acids is 2. The van der Waals surface area contributed by atoms with Crippen molar-refractivity contribution in [2.45, 2.75) is 44.6 Å². The van der Waals surface area contributed by atoms with Gasteiger partial charge in [-0.2, -0.15) is 5.10 Å². The Balaban J connectivity index is 1.56. The second-order valence-corrected chi connectivity index (χ2v) is 6.81. The van der Waals surface area contributed by atoms with Gasteiger partial charge >= 0.3 is 6.03 Å². The van der Waals surface area contributed by atoms with Crippen molar-refractivity contribution in [2.24, 2.45) is 0 Å². The van der Waals surface area contributed by atoms with Crippen LogP contribution in [0.1, 0.15) is 36.9 Å². The Hall–Kier alpha value is -2.83. The van der Waals surface area contributed by atoms with Crippen LogP contribution in [0, 0.1) is 0 Å². The largest absolute Gasteiger partial charge is 0.354 e. The van der Waals surface area contributed by atoms with E-state index in [0.29, 0.717) is 18.8 Å². The van der Waals surface area contributed by atoms with Gasteiger partial charge in [-0.05, 0) is 50.7 Å². The molecule has 2 heterocycles. The van der Waals surface area contributed by atoms with Crippen LogP contribution in [0.25, 0.3) is 5.69 Å². The molecule has 1 saturated heterocycles. The lowest BCUT2D eigenvalue weighted by Gasteiger charge is -2.17. The first kappa shape index (κ1) is 16.6. The minimum Gasteiger partial charge on any atom is -0.354 e. The van der Waals surface area contributed by atoms with E-state index in [2.05, 4.69) is 21.0 Å². The Morgan fingerprint density at radius 1 is 1.15 bits per heavy atom. The number of urea groups is 1. The summed E-state index contributed by atoms with van der Waals surface area (Å²) in [6, 6.07) is 8.92. The summed E-state index contributed by atoms with van der Waals surface area (Å²) >= 11 is 0. The van der Waals surface area contributed by atoms with Crippen molar-refractivity contribution in [1.29, 1.82) is 0 Å². The minimum absolute atomic E-state index is 0.112. The zero-order valence-electron chi connectivity index (χ0n) is 14.6. The Labute approximate surface area is 152 Å².